The Morgan fingerprint density at radius 2 is 1.88 bits per heavy atom. The minimum absolute atomic E-state index is 0.183. The Morgan fingerprint density at radius 1 is 1.09 bits per heavy atom. The Labute approximate surface area is 179 Å². The fourth-order valence-corrected chi connectivity index (χ4v) is 3.71. The molecule has 0 spiro atoms. The quantitative estimate of drug-likeness (QED) is 0.522. The summed E-state index contributed by atoms with van der Waals surface area (Å²) in [4.78, 5) is 30.6. The SMILES string of the molecule is C[C@H]1CN(c2ccc(C(F)(F)F)cc2)C(=O)c2c(-c3c[nH]c(-c4cnccn4)n3)cnn21. The van der Waals surface area contributed by atoms with E-state index in [1.165, 1.54) is 17.0 Å². The van der Waals surface area contributed by atoms with E-state index in [-0.39, 0.29) is 18.5 Å². The van der Waals surface area contributed by atoms with Gasteiger partial charge in [0.05, 0.1) is 35.3 Å². The van der Waals surface area contributed by atoms with E-state index in [0.29, 0.717) is 34.2 Å². The highest BCUT2D eigenvalue weighted by Crippen LogP contribution is 2.34. The molecule has 3 aromatic heterocycles. The van der Waals surface area contributed by atoms with Crippen LogP contribution in [0.2, 0.25) is 0 Å². The van der Waals surface area contributed by atoms with E-state index in [1.54, 1.807) is 35.7 Å². The summed E-state index contributed by atoms with van der Waals surface area (Å²) in [6.07, 6.45) is 3.44. The molecule has 162 valence electrons. The van der Waals surface area contributed by atoms with Gasteiger partial charge in [0.25, 0.3) is 5.91 Å². The van der Waals surface area contributed by atoms with Gasteiger partial charge in [-0.3, -0.25) is 14.5 Å². The zero-order chi connectivity index (χ0) is 22.5. The minimum Gasteiger partial charge on any atom is -0.343 e. The highest BCUT2D eigenvalue weighted by atomic mass is 19.4. The lowest BCUT2D eigenvalue weighted by Crippen LogP contribution is -2.42. The normalized spacial score (nSPS) is 16.3. The van der Waals surface area contributed by atoms with E-state index >= 15 is 0 Å². The number of carbonyl (C=O) groups is 1. The van der Waals surface area contributed by atoms with Crippen LogP contribution >= 0.6 is 0 Å². The first-order valence-corrected chi connectivity index (χ1v) is 9.71. The number of H-pyrrole nitrogens is 1. The molecule has 0 unspecified atom stereocenters. The summed E-state index contributed by atoms with van der Waals surface area (Å²) in [6, 6.07) is 4.37. The number of hydrogen-bond acceptors (Lipinski definition) is 5. The number of carbonyl (C=O) groups excluding carboxylic acids is 1. The average Bonchev–Trinajstić information content (AvgIpc) is 3.44. The van der Waals surface area contributed by atoms with Crippen LogP contribution in [0.1, 0.15) is 29.0 Å². The molecule has 0 bridgehead atoms. The fourth-order valence-electron chi connectivity index (χ4n) is 3.71. The van der Waals surface area contributed by atoms with Crippen molar-refractivity contribution in [3.8, 4) is 22.8 Å². The monoisotopic (exact) mass is 439 g/mol. The zero-order valence-corrected chi connectivity index (χ0v) is 16.7. The number of nitrogens with zero attached hydrogens (tertiary/aromatic N) is 6. The number of fused-ring (bicyclic) bond motifs is 1. The maximum Gasteiger partial charge on any atom is 0.416 e. The van der Waals surface area contributed by atoms with Crippen LogP contribution in [0.5, 0.6) is 0 Å². The van der Waals surface area contributed by atoms with Crippen LogP contribution in [0.3, 0.4) is 0 Å². The van der Waals surface area contributed by atoms with Crippen molar-refractivity contribution < 1.29 is 18.0 Å². The van der Waals surface area contributed by atoms with E-state index in [0.717, 1.165) is 12.1 Å². The summed E-state index contributed by atoms with van der Waals surface area (Å²) in [6.45, 7) is 2.17. The van der Waals surface area contributed by atoms with Gasteiger partial charge in [0.1, 0.15) is 11.4 Å². The molecule has 1 N–H and O–H groups in total. The third kappa shape index (κ3) is 3.31. The fraction of sp³-hybridized carbons (Fsp3) is 0.190. The summed E-state index contributed by atoms with van der Waals surface area (Å²) >= 11 is 0. The molecule has 0 saturated heterocycles. The molecule has 4 aromatic rings. The summed E-state index contributed by atoms with van der Waals surface area (Å²) in [7, 11) is 0. The molecule has 0 radical (unpaired) electrons. The first-order valence-electron chi connectivity index (χ1n) is 9.71. The maximum absolute atomic E-state index is 13.4. The number of benzene rings is 1. The second-order valence-electron chi connectivity index (χ2n) is 7.39. The van der Waals surface area contributed by atoms with Crippen LogP contribution in [-0.2, 0) is 6.18 Å². The molecule has 32 heavy (non-hydrogen) atoms. The highest BCUT2D eigenvalue weighted by Gasteiger charge is 2.35. The van der Waals surface area contributed by atoms with Crippen LogP contribution in [-0.4, -0.2) is 42.2 Å². The maximum atomic E-state index is 13.4. The Balaban J connectivity index is 1.51. The van der Waals surface area contributed by atoms with Gasteiger partial charge in [0.15, 0.2) is 5.82 Å². The molecule has 1 aliphatic heterocycles. The number of amides is 1. The lowest BCUT2D eigenvalue weighted by Gasteiger charge is -2.32. The molecular formula is C21H16F3N7O. The van der Waals surface area contributed by atoms with Crippen LogP contribution in [0, 0.1) is 0 Å². The standard InChI is InChI=1S/C21H16F3N7O/c1-12-11-30(14-4-2-13(3-5-14)21(22,23)24)20(32)18-15(8-28-31(12)18)16-10-27-19(29-16)17-9-25-6-7-26-17/h2-10,12H,11H2,1H3,(H,27,29)/t12-/m0/s1. The van der Waals surface area contributed by atoms with Crippen LogP contribution in [0.15, 0.2) is 55.2 Å². The van der Waals surface area contributed by atoms with Crippen LogP contribution in [0.4, 0.5) is 18.9 Å². The van der Waals surface area contributed by atoms with Crippen molar-refractivity contribution >= 4 is 11.6 Å². The number of alkyl halides is 3. The third-order valence-electron chi connectivity index (χ3n) is 5.27. The Kier molecular flexibility index (Phi) is 4.54. The predicted molar refractivity (Wildman–Crippen MR) is 109 cm³/mol. The molecule has 0 aliphatic carbocycles. The van der Waals surface area contributed by atoms with Crippen molar-refractivity contribution in [2.24, 2.45) is 0 Å². The molecule has 8 nitrogen and oxygen atoms in total. The van der Waals surface area contributed by atoms with Crippen LogP contribution in [0.25, 0.3) is 22.8 Å². The van der Waals surface area contributed by atoms with Crippen molar-refractivity contribution in [2.75, 3.05) is 11.4 Å². The van der Waals surface area contributed by atoms with Gasteiger partial charge in [-0.15, -0.1) is 0 Å². The van der Waals surface area contributed by atoms with Crippen molar-refractivity contribution in [1.29, 1.82) is 0 Å². The third-order valence-corrected chi connectivity index (χ3v) is 5.27. The Bertz CT molecular complexity index is 1280. The zero-order valence-electron chi connectivity index (χ0n) is 16.7. The van der Waals surface area contributed by atoms with E-state index < -0.39 is 11.7 Å². The van der Waals surface area contributed by atoms with Gasteiger partial charge in [0.2, 0.25) is 0 Å². The number of hydrogen-bond donors (Lipinski definition) is 1. The number of nitrogens with one attached hydrogen (secondary N) is 1. The first-order chi connectivity index (χ1) is 15.3. The van der Waals surface area contributed by atoms with E-state index in [1.807, 2.05) is 6.92 Å². The summed E-state index contributed by atoms with van der Waals surface area (Å²) in [5.41, 5.74) is 1.51. The molecule has 4 heterocycles. The summed E-state index contributed by atoms with van der Waals surface area (Å²) in [5, 5.41) is 4.36. The topological polar surface area (TPSA) is 92.6 Å². The molecule has 1 aliphatic rings. The molecule has 0 fully saturated rings. The van der Waals surface area contributed by atoms with Crippen LogP contribution < -0.4 is 4.90 Å². The van der Waals surface area contributed by atoms with E-state index in [4.69, 9.17) is 0 Å². The predicted octanol–water partition coefficient (Wildman–Crippen LogP) is 3.97. The van der Waals surface area contributed by atoms with Gasteiger partial charge in [-0.25, -0.2) is 9.97 Å². The Morgan fingerprint density at radius 3 is 2.56 bits per heavy atom. The number of aromatic amines is 1. The largest absolute Gasteiger partial charge is 0.416 e. The number of halogens is 3. The molecule has 11 heteroatoms. The van der Waals surface area contributed by atoms with Crippen molar-refractivity contribution in [3.05, 3.63) is 66.5 Å². The molecule has 0 saturated carbocycles. The van der Waals surface area contributed by atoms with Gasteiger partial charge in [-0.1, -0.05) is 0 Å². The summed E-state index contributed by atoms with van der Waals surface area (Å²) < 4.78 is 40.4. The molecule has 1 amide bonds. The van der Waals surface area contributed by atoms with Gasteiger partial charge >= 0.3 is 6.18 Å². The number of anilines is 1. The van der Waals surface area contributed by atoms with Gasteiger partial charge < -0.3 is 9.88 Å². The first kappa shape index (κ1) is 19.9. The highest BCUT2D eigenvalue weighted by molar-refractivity contribution is 6.09. The molecule has 1 aromatic carbocycles. The van der Waals surface area contributed by atoms with E-state index in [2.05, 4.69) is 25.0 Å². The summed E-state index contributed by atoms with van der Waals surface area (Å²) in [5.74, 6) is 0.128. The second kappa shape index (κ2) is 7.29. The minimum atomic E-state index is -4.44. The Hall–Kier alpha value is -4.02. The smallest absolute Gasteiger partial charge is 0.343 e. The van der Waals surface area contributed by atoms with Crippen molar-refractivity contribution in [3.63, 3.8) is 0 Å². The van der Waals surface area contributed by atoms with Gasteiger partial charge in [-0.2, -0.15) is 18.3 Å². The van der Waals surface area contributed by atoms with Crippen molar-refractivity contribution in [2.45, 2.75) is 19.1 Å². The number of rotatable bonds is 3. The lowest BCUT2D eigenvalue weighted by molar-refractivity contribution is -0.137. The molecular weight excluding hydrogens is 423 g/mol. The van der Waals surface area contributed by atoms with Gasteiger partial charge in [0, 0.05) is 30.8 Å². The second-order valence-corrected chi connectivity index (χ2v) is 7.39. The van der Waals surface area contributed by atoms with Crippen molar-refractivity contribution in [1.82, 2.24) is 29.7 Å². The number of aromatic nitrogens is 6. The average molecular weight is 439 g/mol. The number of imidazole rings is 1. The molecule has 1 atom stereocenters. The van der Waals surface area contributed by atoms with Gasteiger partial charge in [-0.05, 0) is 31.2 Å². The molecule has 5 rings (SSSR count). The van der Waals surface area contributed by atoms with E-state index in [9.17, 15) is 18.0 Å². The lowest BCUT2D eigenvalue weighted by atomic mass is 10.1.